The zero-order valence-electron chi connectivity index (χ0n) is 11.9. The van der Waals surface area contributed by atoms with E-state index in [0.717, 1.165) is 17.3 Å². The molecule has 1 aromatic heterocycles. The molecule has 20 heavy (non-hydrogen) atoms. The van der Waals surface area contributed by atoms with Gasteiger partial charge >= 0.3 is 0 Å². The van der Waals surface area contributed by atoms with Crippen molar-refractivity contribution in [2.24, 2.45) is 0 Å². The van der Waals surface area contributed by atoms with E-state index in [9.17, 15) is 0 Å². The van der Waals surface area contributed by atoms with Crippen LogP contribution in [0.4, 0.5) is 5.82 Å². The van der Waals surface area contributed by atoms with Crippen molar-refractivity contribution in [2.75, 3.05) is 12.8 Å². The van der Waals surface area contributed by atoms with Crippen LogP contribution in [0.15, 0.2) is 30.3 Å². The summed E-state index contributed by atoms with van der Waals surface area (Å²) in [4.78, 5) is 0. The summed E-state index contributed by atoms with van der Waals surface area (Å²) in [5.41, 5.74) is 8.43. The molecule has 0 atom stereocenters. The van der Waals surface area contributed by atoms with Gasteiger partial charge < -0.3 is 10.5 Å². The van der Waals surface area contributed by atoms with Crippen molar-refractivity contribution in [2.45, 2.75) is 38.1 Å². The smallest absolute Gasteiger partial charge is 0.122 e. The standard InChI is InChI=1S/C16H21N3O/c1-20-14-8-6-12(7-9-14)11-19-16(17)10-15(18-19)13-4-2-3-5-13/h6-10,13H,2-5,11,17H2,1H3. The summed E-state index contributed by atoms with van der Waals surface area (Å²) < 4.78 is 7.07. The van der Waals surface area contributed by atoms with Gasteiger partial charge in [0.2, 0.25) is 0 Å². The van der Waals surface area contributed by atoms with Crippen molar-refractivity contribution in [1.82, 2.24) is 9.78 Å². The number of ether oxygens (including phenoxy) is 1. The molecular weight excluding hydrogens is 250 g/mol. The fourth-order valence-electron chi connectivity index (χ4n) is 2.90. The first kappa shape index (κ1) is 13.0. The Kier molecular flexibility index (Phi) is 3.63. The second kappa shape index (κ2) is 5.57. The van der Waals surface area contributed by atoms with Gasteiger partial charge in [-0.3, -0.25) is 0 Å². The first-order chi connectivity index (χ1) is 9.76. The Bertz CT molecular complexity index is 568. The third-order valence-electron chi connectivity index (χ3n) is 4.09. The highest BCUT2D eigenvalue weighted by Gasteiger charge is 2.20. The van der Waals surface area contributed by atoms with Crippen molar-refractivity contribution < 1.29 is 4.74 Å². The number of benzene rings is 1. The summed E-state index contributed by atoms with van der Waals surface area (Å²) in [6.45, 7) is 0.711. The second-order valence-corrected chi connectivity index (χ2v) is 5.48. The molecule has 0 saturated heterocycles. The Hall–Kier alpha value is -1.97. The lowest BCUT2D eigenvalue weighted by molar-refractivity contribution is 0.414. The molecule has 4 nitrogen and oxygen atoms in total. The molecule has 1 aromatic carbocycles. The maximum atomic E-state index is 6.09. The van der Waals surface area contributed by atoms with E-state index in [4.69, 9.17) is 15.6 Å². The second-order valence-electron chi connectivity index (χ2n) is 5.48. The molecule has 1 aliphatic carbocycles. The molecule has 106 valence electrons. The van der Waals surface area contributed by atoms with Crippen LogP contribution in [0.3, 0.4) is 0 Å². The predicted molar refractivity (Wildman–Crippen MR) is 79.9 cm³/mol. The molecule has 1 fully saturated rings. The molecule has 0 spiro atoms. The van der Waals surface area contributed by atoms with E-state index in [1.165, 1.54) is 31.2 Å². The molecule has 2 N–H and O–H groups in total. The number of nitrogen functional groups attached to an aromatic ring is 1. The van der Waals surface area contributed by atoms with Gasteiger partial charge in [0.15, 0.2) is 0 Å². The number of nitrogens with zero attached hydrogens (tertiary/aromatic N) is 2. The third kappa shape index (κ3) is 2.64. The quantitative estimate of drug-likeness (QED) is 0.929. The number of hydrogen-bond acceptors (Lipinski definition) is 3. The van der Waals surface area contributed by atoms with Gasteiger partial charge in [0.05, 0.1) is 19.3 Å². The van der Waals surface area contributed by atoms with Gasteiger partial charge in [-0.2, -0.15) is 5.10 Å². The molecule has 0 unspecified atom stereocenters. The van der Waals surface area contributed by atoms with Crippen molar-refractivity contribution in [3.8, 4) is 5.75 Å². The van der Waals surface area contributed by atoms with Crippen LogP contribution in [-0.4, -0.2) is 16.9 Å². The minimum atomic E-state index is 0.606. The minimum absolute atomic E-state index is 0.606. The number of anilines is 1. The Balaban J connectivity index is 1.76. The minimum Gasteiger partial charge on any atom is -0.497 e. The number of methoxy groups -OCH3 is 1. The topological polar surface area (TPSA) is 53.1 Å². The van der Waals surface area contributed by atoms with Crippen LogP contribution in [0.1, 0.15) is 42.9 Å². The molecule has 0 radical (unpaired) electrons. The summed E-state index contributed by atoms with van der Waals surface area (Å²) in [5.74, 6) is 2.23. The van der Waals surface area contributed by atoms with Gasteiger partial charge in [0.1, 0.15) is 11.6 Å². The molecule has 4 heteroatoms. The molecule has 1 aliphatic rings. The molecule has 0 bridgehead atoms. The van der Waals surface area contributed by atoms with Crippen LogP contribution in [-0.2, 0) is 6.54 Å². The van der Waals surface area contributed by atoms with Crippen molar-refractivity contribution in [3.05, 3.63) is 41.6 Å². The molecule has 2 aromatic rings. The molecule has 0 amide bonds. The fourth-order valence-corrected chi connectivity index (χ4v) is 2.90. The van der Waals surface area contributed by atoms with Gasteiger partial charge in [-0.25, -0.2) is 4.68 Å². The highest BCUT2D eigenvalue weighted by molar-refractivity contribution is 5.34. The monoisotopic (exact) mass is 271 g/mol. The van der Waals surface area contributed by atoms with E-state index >= 15 is 0 Å². The zero-order valence-corrected chi connectivity index (χ0v) is 11.9. The number of hydrogen-bond donors (Lipinski definition) is 1. The average Bonchev–Trinajstić information content (AvgIpc) is 3.10. The maximum absolute atomic E-state index is 6.09. The normalized spacial score (nSPS) is 15.7. The van der Waals surface area contributed by atoms with E-state index in [2.05, 4.69) is 12.1 Å². The molecule has 3 rings (SSSR count). The highest BCUT2D eigenvalue weighted by Crippen LogP contribution is 2.34. The summed E-state index contributed by atoms with van der Waals surface area (Å²) in [5, 5.41) is 4.69. The molecule has 1 heterocycles. The van der Waals surface area contributed by atoms with Crippen LogP contribution >= 0.6 is 0 Å². The van der Waals surface area contributed by atoms with Crippen LogP contribution < -0.4 is 10.5 Å². The third-order valence-corrected chi connectivity index (χ3v) is 4.09. The fraction of sp³-hybridized carbons (Fsp3) is 0.438. The highest BCUT2D eigenvalue weighted by atomic mass is 16.5. The summed E-state index contributed by atoms with van der Waals surface area (Å²) >= 11 is 0. The van der Waals surface area contributed by atoms with E-state index < -0.39 is 0 Å². The van der Waals surface area contributed by atoms with E-state index in [1.54, 1.807) is 7.11 Å². The lowest BCUT2D eigenvalue weighted by Gasteiger charge is -2.06. The average molecular weight is 271 g/mol. The van der Waals surface area contributed by atoms with Crippen LogP contribution in [0, 0.1) is 0 Å². The Morgan fingerprint density at radius 3 is 2.60 bits per heavy atom. The molecule has 0 aliphatic heterocycles. The SMILES string of the molecule is COc1ccc(Cn2nc(C3CCCC3)cc2N)cc1. The maximum Gasteiger partial charge on any atom is 0.122 e. The largest absolute Gasteiger partial charge is 0.497 e. The molecular formula is C16H21N3O. The first-order valence-corrected chi connectivity index (χ1v) is 7.22. The van der Waals surface area contributed by atoms with Gasteiger partial charge in [0, 0.05) is 12.0 Å². The van der Waals surface area contributed by atoms with Crippen molar-refractivity contribution >= 4 is 5.82 Å². The zero-order chi connectivity index (χ0) is 13.9. The van der Waals surface area contributed by atoms with Gasteiger partial charge in [-0.15, -0.1) is 0 Å². The van der Waals surface area contributed by atoms with E-state index in [-0.39, 0.29) is 0 Å². The first-order valence-electron chi connectivity index (χ1n) is 7.22. The summed E-state index contributed by atoms with van der Waals surface area (Å²) in [6, 6.07) is 10.1. The lowest BCUT2D eigenvalue weighted by Crippen LogP contribution is -2.06. The Morgan fingerprint density at radius 1 is 1.25 bits per heavy atom. The Morgan fingerprint density at radius 2 is 1.95 bits per heavy atom. The van der Waals surface area contributed by atoms with Gasteiger partial charge in [-0.05, 0) is 30.5 Å². The number of nitrogens with two attached hydrogens (primary N) is 1. The van der Waals surface area contributed by atoms with Crippen LogP contribution in [0.25, 0.3) is 0 Å². The summed E-state index contributed by atoms with van der Waals surface area (Å²) in [7, 11) is 1.67. The van der Waals surface area contributed by atoms with Gasteiger partial charge in [0.25, 0.3) is 0 Å². The number of aromatic nitrogens is 2. The van der Waals surface area contributed by atoms with Gasteiger partial charge in [-0.1, -0.05) is 25.0 Å². The van der Waals surface area contributed by atoms with Crippen molar-refractivity contribution in [1.29, 1.82) is 0 Å². The van der Waals surface area contributed by atoms with Crippen LogP contribution in [0.5, 0.6) is 5.75 Å². The summed E-state index contributed by atoms with van der Waals surface area (Å²) in [6.07, 6.45) is 5.13. The molecule has 1 saturated carbocycles. The van der Waals surface area contributed by atoms with Crippen LogP contribution in [0.2, 0.25) is 0 Å². The van der Waals surface area contributed by atoms with E-state index in [1.807, 2.05) is 22.9 Å². The Labute approximate surface area is 119 Å². The predicted octanol–water partition coefficient (Wildman–Crippen LogP) is 3.18. The van der Waals surface area contributed by atoms with E-state index in [0.29, 0.717) is 12.5 Å². The lowest BCUT2D eigenvalue weighted by atomic mass is 10.1. The van der Waals surface area contributed by atoms with Crippen molar-refractivity contribution in [3.63, 3.8) is 0 Å². The number of rotatable bonds is 4.